The molecule has 114 valence electrons. The molecule has 0 spiro atoms. The Morgan fingerprint density at radius 3 is 2.45 bits per heavy atom. The van der Waals surface area contributed by atoms with E-state index in [1.54, 1.807) is 0 Å². The van der Waals surface area contributed by atoms with Gasteiger partial charge in [-0.1, -0.05) is 6.07 Å². The highest BCUT2D eigenvalue weighted by atomic mass is 35.5. The average Bonchev–Trinajstić information content (AvgIpc) is 2.42. The molecule has 0 aromatic heterocycles. The Morgan fingerprint density at radius 2 is 1.85 bits per heavy atom. The molecule has 0 unspecified atom stereocenters. The minimum absolute atomic E-state index is 0. The number of nitrogens with two attached hydrogens (primary N) is 1. The lowest BCUT2D eigenvalue weighted by Gasteiger charge is -2.12. The molecule has 3 N–H and O–H groups in total. The largest absolute Gasteiger partial charge is 0.490 e. The van der Waals surface area contributed by atoms with Gasteiger partial charge in [0.05, 0.1) is 19.8 Å². The molecule has 0 aliphatic rings. The summed E-state index contributed by atoms with van der Waals surface area (Å²) in [6.07, 6.45) is 0.734. The Bertz CT molecular complexity index is 413. The fourth-order valence-electron chi connectivity index (χ4n) is 1.67. The molecule has 0 saturated heterocycles. The van der Waals surface area contributed by atoms with Crippen molar-refractivity contribution in [3.05, 3.63) is 23.8 Å². The minimum atomic E-state index is -0.143. The first-order valence-corrected chi connectivity index (χ1v) is 6.56. The first-order chi connectivity index (χ1) is 9.21. The SMILES string of the molecule is CCOc1ccc(CCNC(=O)CN)cc1OCC.Cl. The van der Waals surface area contributed by atoms with Gasteiger partial charge in [0, 0.05) is 6.54 Å². The summed E-state index contributed by atoms with van der Waals surface area (Å²) in [5.41, 5.74) is 6.31. The summed E-state index contributed by atoms with van der Waals surface area (Å²) >= 11 is 0. The highest BCUT2D eigenvalue weighted by molar-refractivity contribution is 5.85. The van der Waals surface area contributed by atoms with Crippen molar-refractivity contribution in [2.45, 2.75) is 20.3 Å². The monoisotopic (exact) mass is 302 g/mol. The third-order valence-electron chi connectivity index (χ3n) is 2.53. The predicted molar refractivity (Wildman–Crippen MR) is 81.8 cm³/mol. The topological polar surface area (TPSA) is 73.6 Å². The van der Waals surface area contributed by atoms with Gasteiger partial charge in [-0.3, -0.25) is 4.79 Å². The first-order valence-electron chi connectivity index (χ1n) is 6.56. The van der Waals surface area contributed by atoms with Crippen LogP contribution in [0.4, 0.5) is 0 Å². The number of hydrogen-bond donors (Lipinski definition) is 2. The van der Waals surface area contributed by atoms with Gasteiger partial charge in [-0.2, -0.15) is 0 Å². The second kappa shape index (κ2) is 10.3. The van der Waals surface area contributed by atoms with Crippen LogP contribution in [0.3, 0.4) is 0 Å². The third kappa shape index (κ3) is 6.12. The summed E-state index contributed by atoms with van der Waals surface area (Å²) < 4.78 is 11.0. The van der Waals surface area contributed by atoms with Crippen LogP contribution in [-0.2, 0) is 11.2 Å². The Balaban J connectivity index is 0.00000361. The van der Waals surface area contributed by atoms with Gasteiger partial charge in [0.2, 0.25) is 5.91 Å². The van der Waals surface area contributed by atoms with Gasteiger partial charge in [-0.15, -0.1) is 12.4 Å². The number of amides is 1. The van der Waals surface area contributed by atoms with E-state index in [-0.39, 0.29) is 24.9 Å². The molecule has 0 bridgehead atoms. The molecule has 1 aromatic carbocycles. The minimum Gasteiger partial charge on any atom is -0.490 e. The number of carbonyl (C=O) groups excluding carboxylic acids is 1. The van der Waals surface area contributed by atoms with Gasteiger partial charge in [0.25, 0.3) is 0 Å². The summed E-state index contributed by atoms with van der Waals surface area (Å²) in [6.45, 7) is 5.65. The van der Waals surface area contributed by atoms with Crippen LogP contribution in [0.1, 0.15) is 19.4 Å². The zero-order valence-electron chi connectivity index (χ0n) is 12.0. The van der Waals surface area contributed by atoms with Gasteiger partial charge in [0.1, 0.15) is 0 Å². The zero-order valence-corrected chi connectivity index (χ0v) is 12.8. The molecule has 20 heavy (non-hydrogen) atoms. The van der Waals surface area contributed by atoms with Crippen LogP contribution in [0.25, 0.3) is 0 Å². The molecule has 6 heteroatoms. The van der Waals surface area contributed by atoms with E-state index in [4.69, 9.17) is 15.2 Å². The molecule has 1 aromatic rings. The fraction of sp³-hybridized carbons (Fsp3) is 0.500. The fourth-order valence-corrected chi connectivity index (χ4v) is 1.67. The van der Waals surface area contributed by atoms with Gasteiger partial charge >= 0.3 is 0 Å². The summed E-state index contributed by atoms with van der Waals surface area (Å²) in [4.78, 5) is 11.0. The Kier molecular flexibility index (Phi) is 9.59. The second-order valence-corrected chi connectivity index (χ2v) is 3.95. The predicted octanol–water partition coefficient (Wildman–Crippen LogP) is 1.52. The molecule has 1 rings (SSSR count). The molecule has 5 nitrogen and oxygen atoms in total. The van der Waals surface area contributed by atoms with Gasteiger partial charge in [0.15, 0.2) is 11.5 Å². The summed E-state index contributed by atoms with van der Waals surface area (Å²) in [5.74, 6) is 1.35. The Labute approximate surface area is 126 Å². The maximum atomic E-state index is 11.0. The molecule has 0 fully saturated rings. The van der Waals surface area contributed by atoms with Crippen LogP contribution >= 0.6 is 12.4 Å². The van der Waals surface area contributed by atoms with Crippen LogP contribution in [0.15, 0.2) is 18.2 Å². The van der Waals surface area contributed by atoms with E-state index in [1.807, 2.05) is 32.0 Å². The maximum Gasteiger partial charge on any atom is 0.233 e. The van der Waals surface area contributed by atoms with Gasteiger partial charge in [-0.05, 0) is 38.0 Å². The quantitative estimate of drug-likeness (QED) is 0.763. The third-order valence-corrected chi connectivity index (χ3v) is 2.53. The number of hydrogen-bond acceptors (Lipinski definition) is 4. The van der Waals surface area contributed by atoms with E-state index < -0.39 is 0 Å². The van der Waals surface area contributed by atoms with Gasteiger partial charge in [-0.25, -0.2) is 0 Å². The molecule has 0 aliphatic heterocycles. The molecule has 0 heterocycles. The first kappa shape index (κ1) is 18.5. The van der Waals surface area contributed by atoms with E-state index in [9.17, 15) is 4.79 Å². The van der Waals surface area contributed by atoms with Crippen LogP contribution in [0.2, 0.25) is 0 Å². The zero-order chi connectivity index (χ0) is 14.1. The maximum absolute atomic E-state index is 11.0. The van der Waals surface area contributed by atoms with Crippen molar-refractivity contribution in [2.24, 2.45) is 5.73 Å². The van der Waals surface area contributed by atoms with E-state index >= 15 is 0 Å². The molecule has 0 saturated carbocycles. The lowest BCUT2D eigenvalue weighted by atomic mass is 10.1. The van der Waals surface area contributed by atoms with Crippen molar-refractivity contribution in [1.29, 1.82) is 0 Å². The van der Waals surface area contributed by atoms with Crippen molar-refractivity contribution in [1.82, 2.24) is 5.32 Å². The molecular weight excluding hydrogens is 280 g/mol. The lowest BCUT2D eigenvalue weighted by Crippen LogP contribution is -2.31. The Morgan fingerprint density at radius 1 is 1.20 bits per heavy atom. The van der Waals surface area contributed by atoms with E-state index in [1.165, 1.54) is 0 Å². The smallest absolute Gasteiger partial charge is 0.233 e. The number of carbonyl (C=O) groups is 1. The summed E-state index contributed by atoms with van der Waals surface area (Å²) in [6, 6.07) is 5.82. The molecule has 0 radical (unpaired) electrons. The Hall–Kier alpha value is -1.46. The van der Waals surface area contributed by atoms with Crippen molar-refractivity contribution >= 4 is 18.3 Å². The molecular formula is C14H23ClN2O3. The lowest BCUT2D eigenvalue weighted by molar-refractivity contribution is -0.119. The number of benzene rings is 1. The highest BCUT2D eigenvalue weighted by Gasteiger charge is 2.06. The van der Waals surface area contributed by atoms with Gasteiger partial charge < -0.3 is 20.5 Å². The van der Waals surface area contributed by atoms with Crippen molar-refractivity contribution in [3.63, 3.8) is 0 Å². The summed E-state index contributed by atoms with van der Waals surface area (Å²) in [5, 5.41) is 2.74. The normalized spacial score (nSPS) is 9.55. The van der Waals surface area contributed by atoms with E-state index in [2.05, 4.69) is 5.32 Å². The molecule has 0 aliphatic carbocycles. The van der Waals surface area contributed by atoms with Crippen molar-refractivity contribution < 1.29 is 14.3 Å². The van der Waals surface area contributed by atoms with Crippen molar-refractivity contribution in [2.75, 3.05) is 26.3 Å². The van der Waals surface area contributed by atoms with E-state index in [0.717, 1.165) is 23.5 Å². The van der Waals surface area contributed by atoms with Crippen LogP contribution in [0.5, 0.6) is 11.5 Å². The van der Waals surface area contributed by atoms with Crippen LogP contribution < -0.4 is 20.5 Å². The number of nitrogens with one attached hydrogen (secondary N) is 1. The molecule has 1 amide bonds. The number of rotatable bonds is 8. The average molecular weight is 303 g/mol. The van der Waals surface area contributed by atoms with E-state index in [0.29, 0.717) is 19.8 Å². The highest BCUT2D eigenvalue weighted by Crippen LogP contribution is 2.28. The number of halogens is 1. The second-order valence-electron chi connectivity index (χ2n) is 3.95. The van der Waals surface area contributed by atoms with Crippen LogP contribution in [-0.4, -0.2) is 32.2 Å². The number of ether oxygens (including phenoxy) is 2. The molecule has 0 atom stereocenters. The van der Waals surface area contributed by atoms with Crippen LogP contribution in [0, 0.1) is 0 Å². The van der Waals surface area contributed by atoms with Crippen molar-refractivity contribution in [3.8, 4) is 11.5 Å². The standard InChI is InChI=1S/C14H22N2O3.ClH/c1-3-18-12-6-5-11(9-13(12)19-4-2)7-8-16-14(17)10-15;/h5-6,9H,3-4,7-8,10,15H2,1-2H3,(H,16,17);1H. The summed E-state index contributed by atoms with van der Waals surface area (Å²) in [7, 11) is 0.